The van der Waals surface area contributed by atoms with Crippen molar-refractivity contribution in [3.8, 4) is 11.8 Å². The van der Waals surface area contributed by atoms with Crippen LogP contribution in [0.3, 0.4) is 0 Å². The summed E-state index contributed by atoms with van der Waals surface area (Å²) >= 11 is 0. The topological polar surface area (TPSA) is 58.3 Å². The first kappa shape index (κ1) is 21.7. The molecule has 30 heavy (non-hydrogen) atoms. The van der Waals surface area contributed by atoms with E-state index in [2.05, 4.69) is 0 Å². The van der Waals surface area contributed by atoms with Crippen LogP contribution in [0.25, 0.3) is 11.8 Å². The lowest BCUT2D eigenvalue weighted by Crippen LogP contribution is -2.41. The fourth-order valence-electron chi connectivity index (χ4n) is 3.40. The summed E-state index contributed by atoms with van der Waals surface area (Å²) in [6, 6.07) is 8.98. The second-order valence-corrected chi connectivity index (χ2v) is 7.31. The zero-order valence-electron chi connectivity index (χ0n) is 16.7. The number of hydrogen-bond acceptors (Lipinski definition) is 3. The highest BCUT2D eigenvalue weighted by Gasteiger charge is 2.34. The number of nitrogens with zero attached hydrogens (tertiary/aromatic N) is 3. The number of nitriles is 1. The van der Waals surface area contributed by atoms with E-state index in [1.165, 1.54) is 33.9 Å². The van der Waals surface area contributed by atoms with E-state index in [0.717, 1.165) is 6.07 Å². The van der Waals surface area contributed by atoms with Crippen LogP contribution in [-0.2, 0) is 15.7 Å². The Morgan fingerprint density at radius 1 is 1.23 bits per heavy atom. The summed E-state index contributed by atoms with van der Waals surface area (Å²) in [4.78, 5) is 14.2. The third kappa shape index (κ3) is 4.57. The number of amides is 1. The van der Waals surface area contributed by atoms with E-state index in [9.17, 15) is 23.2 Å². The van der Waals surface area contributed by atoms with Gasteiger partial charge in [-0.15, -0.1) is 0 Å². The van der Waals surface area contributed by atoms with Gasteiger partial charge in [-0.25, -0.2) is 0 Å². The number of benzene rings is 1. The summed E-state index contributed by atoms with van der Waals surface area (Å²) in [6.07, 6.45) is -1.55. The van der Waals surface area contributed by atoms with E-state index >= 15 is 0 Å². The average molecular weight is 417 g/mol. The minimum atomic E-state index is -4.50. The quantitative estimate of drug-likeness (QED) is 0.548. The minimum absolute atomic E-state index is 0.00589. The van der Waals surface area contributed by atoms with Gasteiger partial charge in [0, 0.05) is 25.0 Å². The van der Waals surface area contributed by atoms with Gasteiger partial charge in [-0.2, -0.15) is 18.4 Å². The van der Waals surface area contributed by atoms with Crippen LogP contribution in [0.1, 0.15) is 36.6 Å². The van der Waals surface area contributed by atoms with Gasteiger partial charge in [-0.05, 0) is 35.8 Å². The second-order valence-electron chi connectivity index (χ2n) is 7.31. The van der Waals surface area contributed by atoms with Crippen LogP contribution in [0, 0.1) is 11.3 Å². The Hall–Kier alpha value is -3.05. The summed E-state index contributed by atoms with van der Waals surface area (Å²) in [6.45, 7) is 5.36. The molecule has 0 spiro atoms. The molecule has 0 radical (unpaired) electrons. The molecule has 2 aromatic rings. The van der Waals surface area contributed by atoms with Crippen LogP contribution >= 0.6 is 0 Å². The zero-order chi connectivity index (χ0) is 21.9. The van der Waals surface area contributed by atoms with E-state index in [1.807, 2.05) is 19.9 Å². The lowest BCUT2D eigenvalue weighted by Gasteiger charge is -2.26. The number of aromatic nitrogens is 1. The molecule has 3 rings (SSSR count). The Balaban J connectivity index is 2.04. The standard InChI is InChI=1S/C22H22F3N3O2/c1-15(2)20-12-16(11-17(13-26)21(29)27-7-9-30-10-8-27)14-28(20)19-6-4-3-5-18(19)22(23,24)25/h3-6,11-12,14-15H,7-10H2,1-2H3/b17-11+. The number of carbonyl (C=O) groups excluding carboxylic acids is 1. The first-order chi connectivity index (χ1) is 14.2. The molecule has 2 heterocycles. The monoisotopic (exact) mass is 417 g/mol. The molecule has 0 saturated carbocycles. The molecule has 0 unspecified atom stereocenters. The number of carbonyl (C=O) groups is 1. The predicted molar refractivity (Wildman–Crippen MR) is 106 cm³/mol. The summed E-state index contributed by atoms with van der Waals surface area (Å²) in [5.74, 6) is -0.482. The predicted octanol–water partition coefficient (Wildman–Crippen LogP) is 4.39. The largest absolute Gasteiger partial charge is 0.418 e. The minimum Gasteiger partial charge on any atom is -0.378 e. The fourth-order valence-corrected chi connectivity index (χ4v) is 3.40. The number of rotatable bonds is 4. The maximum absolute atomic E-state index is 13.5. The lowest BCUT2D eigenvalue weighted by molar-refractivity contribution is -0.137. The van der Waals surface area contributed by atoms with Gasteiger partial charge in [0.1, 0.15) is 11.6 Å². The highest BCUT2D eigenvalue weighted by atomic mass is 19.4. The molecule has 1 saturated heterocycles. The Morgan fingerprint density at radius 3 is 2.50 bits per heavy atom. The van der Waals surface area contributed by atoms with Crippen molar-refractivity contribution in [2.75, 3.05) is 26.3 Å². The van der Waals surface area contributed by atoms with Gasteiger partial charge in [-0.3, -0.25) is 4.79 Å². The molecular weight excluding hydrogens is 395 g/mol. The third-order valence-corrected chi connectivity index (χ3v) is 4.89. The van der Waals surface area contributed by atoms with Gasteiger partial charge in [0.05, 0.1) is 24.5 Å². The smallest absolute Gasteiger partial charge is 0.378 e. The first-order valence-electron chi connectivity index (χ1n) is 9.60. The number of ether oxygens (including phenoxy) is 1. The summed E-state index contributed by atoms with van der Waals surface area (Å²) < 4.78 is 47.3. The van der Waals surface area contributed by atoms with Crippen molar-refractivity contribution in [1.29, 1.82) is 5.26 Å². The molecule has 0 bridgehead atoms. The molecule has 0 aliphatic carbocycles. The molecule has 0 atom stereocenters. The van der Waals surface area contributed by atoms with Crippen molar-refractivity contribution in [2.45, 2.75) is 25.9 Å². The Kier molecular flexibility index (Phi) is 6.32. The Labute approximate surface area is 173 Å². The van der Waals surface area contributed by atoms with Crippen molar-refractivity contribution >= 4 is 12.0 Å². The maximum atomic E-state index is 13.5. The van der Waals surface area contributed by atoms with Crippen LogP contribution in [0.4, 0.5) is 13.2 Å². The summed E-state index contributed by atoms with van der Waals surface area (Å²) in [5.41, 5.74) is 0.339. The van der Waals surface area contributed by atoms with Crippen molar-refractivity contribution in [1.82, 2.24) is 9.47 Å². The van der Waals surface area contributed by atoms with E-state index in [4.69, 9.17) is 4.74 Å². The number of hydrogen-bond donors (Lipinski definition) is 0. The third-order valence-electron chi connectivity index (χ3n) is 4.89. The average Bonchev–Trinajstić information content (AvgIpc) is 3.16. The Bertz CT molecular complexity index is 994. The molecule has 5 nitrogen and oxygen atoms in total. The highest BCUT2D eigenvalue weighted by molar-refractivity contribution is 6.01. The number of alkyl halides is 3. The Morgan fingerprint density at radius 2 is 1.90 bits per heavy atom. The lowest BCUT2D eigenvalue weighted by atomic mass is 10.1. The van der Waals surface area contributed by atoms with Crippen molar-refractivity contribution in [3.63, 3.8) is 0 Å². The molecule has 1 fully saturated rings. The molecule has 1 aliphatic rings. The van der Waals surface area contributed by atoms with Gasteiger partial charge >= 0.3 is 6.18 Å². The van der Waals surface area contributed by atoms with Crippen LogP contribution in [0.15, 0.2) is 42.1 Å². The molecule has 1 aromatic carbocycles. The second kappa shape index (κ2) is 8.76. The molecule has 0 N–H and O–H groups in total. The SMILES string of the molecule is CC(C)c1cc(/C=C(\C#N)C(=O)N2CCOCC2)cn1-c1ccccc1C(F)(F)F. The van der Waals surface area contributed by atoms with Crippen molar-refractivity contribution in [2.24, 2.45) is 0 Å². The molecule has 1 aliphatic heterocycles. The number of para-hydroxylation sites is 1. The van der Waals surface area contributed by atoms with E-state index in [0.29, 0.717) is 37.6 Å². The van der Waals surface area contributed by atoms with Crippen LogP contribution < -0.4 is 0 Å². The molecule has 8 heteroatoms. The van der Waals surface area contributed by atoms with Crippen LogP contribution in [0.5, 0.6) is 0 Å². The van der Waals surface area contributed by atoms with Crippen molar-refractivity contribution in [3.05, 3.63) is 58.9 Å². The molecular formula is C22H22F3N3O2. The van der Waals surface area contributed by atoms with Gasteiger partial charge in [0.15, 0.2) is 0 Å². The van der Waals surface area contributed by atoms with Gasteiger partial charge in [-0.1, -0.05) is 26.0 Å². The van der Waals surface area contributed by atoms with E-state index in [1.54, 1.807) is 12.1 Å². The van der Waals surface area contributed by atoms with Crippen LogP contribution in [-0.4, -0.2) is 41.7 Å². The first-order valence-corrected chi connectivity index (χ1v) is 9.60. The van der Waals surface area contributed by atoms with Gasteiger partial charge in [0.2, 0.25) is 0 Å². The zero-order valence-corrected chi connectivity index (χ0v) is 16.7. The molecule has 1 aromatic heterocycles. The van der Waals surface area contributed by atoms with E-state index in [-0.39, 0.29) is 17.2 Å². The summed E-state index contributed by atoms with van der Waals surface area (Å²) in [7, 11) is 0. The summed E-state index contributed by atoms with van der Waals surface area (Å²) in [5, 5.41) is 9.49. The number of morpholine rings is 1. The normalized spacial score (nSPS) is 15.4. The van der Waals surface area contributed by atoms with Crippen LogP contribution in [0.2, 0.25) is 0 Å². The van der Waals surface area contributed by atoms with Gasteiger partial charge in [0.25, 0.3) is 5.91 Å². The van der Waals surface area contributed by atoms with Crippen molar-refractivity contribution < 1.29 is 22.7 Å². The molecule has 1 amide bonds. The highest BCUT2D eigenvalue weighted by Crippen LogP contribution is 2.35. The number of halogens is 3. The fraction of sp³-hybridized carbons (Fsp3) is 0.364. The van der Waals surface area contributed by atoms with Gasteiger partial charge < -0.3 is 14.2 Å². The molecule has 158 valence electrons. The maximum Gasteiger partial charge on any atom is 0.418 e. The van der Waals surface area contributed by atoms with E-state index < -0.39 is 17.6 Å².